The van der Waals surface area contributed by atoms with E-state index in [1.54, 1.807) is 28.0 Å². The Labute approximate surface area is 171 Å². The zero-order valence-electron chi connectivity index (χ0n) is 15.0. The molecule has 1 unspecified atom stereocenters. The summed E-state index contributed by atoms with van der Waals surface area (Å²) < 4.78 is 2.08. The number of thiophene rings is 1. The molecule has 0 bridgehead atoms. The van der Waals surface area contributed by atoms with Gasteiger partial charge in [-0.2, -0.15) is 16.4 Å². The van der Waals surface area contributed by atoms with Crippen LogP contribution in [0.3, 0.4) is 0 Å². The van der Waals surface area contributed by atoms with Gasteiger partial charge in [0.15, 0.2) is 10.6 Å². The Kier molecular flexibility index (Phi) is 6.43. The number of nitrogens with one attached hydrogen (secondary N) is 2. The lowest BCUT2D eigenvalue weighted by Gasteiger charge is -2.24. The fraction of sp³-hybridized carbons (Fsp3) is 0.278. The van der Waals surface area contributed by atoms with Gasteiger partial charge in [0, 0.05) is 17.1 Å². The minimum Gasteiger partial charge on any atom is -0.353 e. The van der Waals surface area contributed by atoms with Crippen molar-refractivity contribution in [2.45, 2.75) is 12.6 Å². The highest BCUT2D eigenvalue weighted by molar-refractivity contribution is 7.71. The van der Waals surface area contributed by atoms with Crippen molar-refractivity contribution in [2.24, 2.45) is 0 Å². The number of benzene rings is 1. The molecule has 6 nitrogen and oxygen atoms in total. The molecule has 0 saturated heterocycles. The van der Waals surface area contributed by atoms with Crippen molar-refractivity contribution in [2.75, 3.05) is 20.6 Å². The third kappa shape index (κ3) is 4.84. The largest absolute Gasteiger partial charge is 0.353 e. The summed E-state index contributed by atoms with van der Waals surface area (Å²) in [6.07, 6.45) is 0. The molecular formula is C18H20ClN5OS2. The van der Waals surface area contributed by atoms with E-state index in [9.17, 15) is 4.79 Å². The van der Waals surface area contributed by atoms with Crippen molar-refractivity contribution in [3.05, 3.63) is 56.4 Å². The fourth-order valence-electron chi connectivity index (χ4n) is 2.76. The van der Waals surface area contributed by atoms with Crippen LogP contribution in [0.2, 0.25) is 5.02 Å². The second kappa shape index (κ2) is 8.79. The molecule has 0 fully saturated rings. The normalized spacial score (nSPS) is 12.3. The molecule has 3 aromatic rings. The van der Waals surface area contributed by atoms with Crippen LogP contribution in [0.5, 0.6) is 0 Å². The lowest BCUT2D eigenvalue weighted by molar-refractivity contribution is -0.121. The Morgan fingerprint density at radius 2 is 2.11 bits per heavy atom. The van der Waals surface area contributed by atoms with E-state index in [1.165, 1.54) is 5.56 Å². The van der Waals surface area contributed by atoms with E-state index in [4.69, 9.17) is 23.8 Å². The first-order valence-electron chi connectivity index (χ1n) is 8.32. The number of hydrogen-bond acceptors (Lipinski definition) is 5. The van der Waals surface area contributed by atoms with Crippen molar-refractivity contribution in [3.63, 3.8) is 0 Å². The highest BCUT2D eigenvalue weighted by Crippen LogP contribution is 2.21. The van der Waals surface area contributed by atoms with Gasteiger partial charge in [-0.3, -0.25) is 14.5 Å². The predicted octanol–water partition coefficient (Wildman–Crippen LogP) is 3.74. The number of aromatic nitrogens is 3. The number of halogens is 1. The van der Waals surface area contributed by atoms with Crippen LogP contribution in [0.4, 0.5) is 0 Å². The van der Waals surface area contributed by atoms with Gasteiger partial charge in [0.2, 0.25) is 5.91 Å². The summed E-state index contributed by atoms with van der Waals surface area (Å²) in [5.74, 6) is 0.485. The van der Waals surface area contributed by atoms with Crippen molar-refractivity contribution in [1.82, 2.24) is 25.0 Å². The molecule has 0 saturated carbocycles. The average molecular weight is 422 g/mol. The second-order valence-corrected chi connectivity index (χ2v) is 7.89. The highest BCUT2D eigenvalue weighted by atomic mass is 35.5. The Bertz CT molecular complexity index is 947. The van der Waals surface area contributed by atoms with Crippen LogP contribution in [0, 0.1) is 4.77 Å². The van der Waals surface area contributed by atoms with E-state index in [0.717, 1.165) is 5.56 Å². The Balaban J connectivity index is 1.70. The number of hydrogen-bond donors (Lipinski definition) is 2. The van der Waals surface area contributed by atoms with Gasteiger partial charge in [0.1, 0.15) is 6.54 Å². The maximum Gasteiger partial charge on any atom is 0.240 e. The molecule has 0 spiro atoms. The van der Waals surface area contributed by atoms with Crippen molar-refractivity contribution >= 4 is 41.1 Å². The second-order valence-electron chi connectivity index (χ2n) is 6.29. The summed E-state index contributed by atoms with van der Waals surface area (Å²) in [6.45, 7) is 0.612. The van der Waals surface area contributed by atoms with Crippen LogP contribution in [-0.2, 0) is 11.3 Å². The van der Waals surface area contributed by atoms with E-state index >= 15 is 0 Å². The molecule has 0 aliphatic rings. The molecule has 0 aliphatic heterocycles. The molecule has 3 rings (SSSR count). The Morgan fingerprint density at radius 1 is 1.37 bits per heavy atom. The molecule has 0 radical (unpaired) electrons. The van der Waals surface area contributed by atoms with Crippen molar-refractivity contribution in [3.8, 4) is 11.4 Å². The molecule has 0 aliphatic carbocycles. The van der Waals surface area contributed by atoms with Crippen LogP contribution in [0.15, 0.2) is 41.1 Å². The maximum atomic E-state index is 12.5. The van der Waals surface area contributed by atoms with Crippen LogP contribution in [0.1, 0.15) is 11.6 Å². The monoisotopic (exact) mass is 421 g/mol. The number of rotatable bonds is 7. The zero-order chi connectivity index (χ0) is 19.4. The van der Waals surface area contributed by atoms with E-state index in [1.807, 2.05) is 31.6 Å². The third-order valence-corrected chi connectivity index (χ3v) is 5.47. The first kappa shape index (κ1) is 19.8. The predicted molar refractivity (Wildman–Crippen MR) is 112 cm³/mol. The fourth-order valence-corrected chi connectivity index (χ4v) is 3.79. The van der Waals surface area contributed by atoms with Gasteiger partial charge >= 0.3 is 0 Å². The topological polar surface area (TPSA) is 66.0 Å². The van der Waals surface area contributed by atoms with Crippen molar-refractivity contribution < 1.29 is 4.79 Å². The number of carbonyl (C=O) groups excluding carboxylic acids is 1. The summed E-state index contributed by atoms with van der Waals surface area (Å²) >= 11 is 12.9. The van der Waals surface area contributed by atoms with E-state index in [0.29, 0.717) is 22.2 Å². The smallest absolute Gasteiger partial charge is 0.240 e. The van der Waals surface area contributed by atoms with E-state index < -0.39 is 0 Å². The molecule has 142 valence electrons. The summed E-state index contributed by atoms with van der Waals surface area (Å²) in [6, 6.07) is 9.45. The molecule has 1 atom stereocenters. The van der Waals surface area contributed by atoms with Gasteiger partial charge in [0.05, 0.1) is 6.04 Å². The van der Waals surface area contributed by atoms with E-state index in [2.05, 4.69) is 31.9 Å². The lowest BCUT2D eigenvalue weighted by Crippen LogP contribution is -2.36. The third-order valence-electron chi connectivity index (χ3n) is 4.21. The summed E-state index contributed by atoms with van der Waals surface area (Å²) in [4.78, 5) is 14.6. The number of H-pyrrole nitrogens is 1. The van der Waals surface area contributed by atoms with Gasteiger partial charge in [-0.1, -0.05) is 11.6 Å². The van der Waals surface area contributed by atoms with Crippen LogP contribution >= 0.6 is 35.2 Å². The molecule has 2 heterocycles. The number of likely N-dealkylation sites (N-methyl/N-ethyl adjacent to an activating group) is 1. The molecule has 2 aromatic heterocycles. The molecule has 1 amide bonds. The van der Waals surface area contributed by atoms with Gasteiger partial charge < -0.3 is 10.2 Å². The van der Waals surface area contributed by atoms with Gasteiger partial charge in [-0.05, 0) is 73.0 Å². The van der Waals surface area contributed by atoms with Crippen LogP contribution in [-0.4, -0.2) is 46.2 Å². The molecule has 9 heteroatoms. The summed E-state index contributed by atoms with van der Waals surface area (Å²) in [7, 11) is 4.00. The Morgan fingerprint density at radius 3 is 2.74 bits per heavy atom. The number of aromatic amines is 1. The first-order chi connectivity index (χ1) is 13.0. The molecule has 1 aromatic carbocycles. The maximum absolute atomic E-state index is 12.5. The van der Waals surface area contributed by atoms with E-state index in [-0.39, 0.29) is 18.5 Å². The van der Waals surface area contributed by atoms with Gasteiger partial charge in [0.25, 0.3) is 0 Å². The highest BCUT2D eigenvalue weighted by Gasteiger charge is 2.17. The Hall–Kier alpha value is -2.00. The lowest BCUT2D eigenvalue weighted by atomic mass is 10.1. The number of amides is 1. The minimum atomic E-state index is -0.121. The zero-order valence-corrected chi connectivity index (χ0v) is 17.4. The summed E-state index contributed by atoms with van der Waals surface area (Å²) in [5, 5.41) is 14.8. The van der Waals surface area contributed by atoms with Crippen LogP contribution in [0.25, 0.3) is 11.4 Å². The molecule has 27 heavy (non-hydrogen) atoms. The SMILES string of the molecule is CN(C)C(CNC(=O)Cn1c(-c2ccc(Cl)cc2)n[nH]c1=S)c1ccsc1. The standard InChI is InChI=1S/C18H20ClN5OS2/c1-23(2)15(13-7-8-27-11-13)9-20-16(25)10-24-17(21-22-18(24)26)12-3-5-14(19)6-4-12/h3-8,11,15H,9-10H2,1-2H3,(H,20,25)(H,22,26). The average Bonchev–Trinajstić information content (AvgIpc) is 3.27. The van der Waals surface area contributed by atoms with Crippen LogP contribution < -0.4 is 5.32 Å². The summed E-state index contributed by atoms with van der Waals surface area (Å²) in [5.41, 5.74) is 2.02. The van der Waals surface area contributed by atoms with Gasteiger partial charge in [-0.15, -0.1) is 0 Å². The minimum absolute atomic E-state index is 0.0943. The van der Waals surface area contributed by atoms with Crippen molar-refractivity contribution in [1.29, 1.82) is 0 Å². The first-order valence-corrected chi connectivity index (χ1v) is 10.0. The molecular weight excluding hydrogens is 402 g/mol. The number of nitrogens with zero attached hydrogens (tertiary/aromatic N) is 3. The molecule has 2 N–H and O–H groups in total. The quantitative estimate of drug-likeness (QED) is 0.570. The number of carbonyl (C=O) groups is 1. The van der Waals surface area contributed by atoms with Gasteiger partial charge in [-0.25, -0.2) is 0 Å².